The van der Waals surface area contributed by atoms with E-state index >= 15 is 0 Å². The number of ether oxygens (including phenoxy) is 2. The van der Waals surface area contributed by atoms with E-state index in [4.69, 9.17) is 16.3 Å². The molecule has 0 amide bonds. The Labute approximate surface area is 118 Å². The number of hydrogen-bond donors (Lipinski definition) is 0. The topological polar surface area (TPSA) is 18.5 Å². The fourth-order valence-corrected chi connectivity index (χ4v) is 1.28. The summed E-state index contributed by atoms with van der Waals surface area (Å²) in [5.74, 6) is 5.20. The lowest BCUT2D eigenvalue weighted by Crippen LogP contribution is -2.19. The van der Waals surface area contributed by atoms with Crippen LogP contribution in [0.5, 0.6) is 5.75 Å². The van der Waals surface area contributed by atoms with E-state index in [0.717, 1.165) is 6.07 Å². The van der Waals surface area contributed by atoms with Gasteiger partial charge in [-0.15, -0.1) is 11.6 Å². The summed E-state index contributed by atoms with van der Waals surface area (Å²) in [6, 6.07) is 3.57. The molecule has 0 heterocycles. The third-order valence-corrected chi connectivity index (χ3v) is 2.14. The van der Waals surface area contributed by atoms with Gasteiger partial charge in [-0.3, -0.25) is 0 Å². The summed E-state index contributed by atoms with van der Waals surface area (Å²) < 4.78 is 57.9. The highest BCUT2D eigenvalue weighted by molar-refractivity contribution is 6.18. The average molecular weight is 311 g/mol. The largest absolute Gasteiger partial charge is 0.466 e. The van der Waals surface area contributed by atoms with E-state index < -0.39 is 25.4 Å². The molecule has 0 fully saturated rings. The van der Waals surface area contributed by atoms with Crippen molar-refractivity contribution in [2.45, 2.75) is 12.6 Å². The minimum absolute atomic E-state index is 0.0225. The average Bonchev–Trinajstić information content (AvgIpc) is 2.36. The molecular weight excluding hydrogens is 300 g/mol. The van der Waals surface area contributed by atoms with E-state index in [1.165, 1.54) is 12.1 Å². The van der Waals surface area contributed by atoms with Crippen LogP contribution in [0.15, 0.2) is 18.2 Å². The highest BCUT2D eigenvalue weighted by atomic mass is 35.5. The Balaban J connectivity index is 2.63. The van der Waals surface area contributed by atoms with Crippen LogP contribution < -0.4 is 4.74 Å². The van der Waals surface area contributed by atoms with Gasteiger partial charge in [-0.1, -0.05) is 11.8 Å². The zero-order valence-electron chi connectivity index (χ0n) is 10.3. The summed E-state index contributed by atoms with van der Waals surface area (Å²) in [6.45, 7) is -2.08. The maximum Gasteiger partial charge on any atom is 0.411 e. The molecule has 0 spiro atoms. The lowest BCUT2D eigenvalue weighted by molar-refractivity contribution is -0.186. The van der Waals surface area contributed by atoms with Crippen LogP contribution in [0.4, 0.5) is 17.6 Å². The zero-order chi connectivity index (χ0) is 15.0. The van der Waals surface area contributed by atoms with Crippen molar-refractivity contribution in [2.75, 3.05) is 19.3 Å². The van der Waals surface area contributed by atoms with Crippen molar-refractivity contribution in [3.63, 3.8) is 0 Å². The van der Waals surface area contributed by atoms with Crippen LogP contribution in [0, 0.1) is 17.7 Å². The zero-order valence-corrected chi connectivity index (χ0v) is 11.0. The lowest BCUT2D eigenvalue weighted by Gasteiger charge is -2.10. The quantitative estimate of drug-likeness (QED) is 0.271. The molecule has 7 heteroatoms. The van der Waals surface area contributed by atoms with Crippen LogP contribution in [-0.2, 0) is 4.74 Å². The SMILES string of the molecule is Fc1ccc(C#CCCCl)c(OCOCC(F)(F)F)c1. The highest BCUT2D eigenvalue weighted by Crippen LogP contribution is 2.20. The first-order valence-corrected chi connectivity index (χ1v) is 6.07. The summed E-state index contributed by atoms with van der Waals surface area (Å²) >= 11 is 5.46. The van der Waals surface area contributed by atoms with E-state index in [1.807, 2.05) is 0 Å². The Morgan fingerprint density at radius 3 is 2.65 bits per heavy atom. The van der Waals surface area contributed by atoms with Gasteiger partial charge in [-0.2, -0.15) is 13.2 Å². The second-order valence-electron chi connectivity index (χ2n) is 3.61. The number of rotatable bonds is 5. The monoisotopic (exact) mass is 310 g/mol. The van der Waals surface area contributed by atoms with Gasteiger partial charge in [0.25, 0.3) is 0 Å². The molecule has 0 radical (unpaired) electrons. The first-order chi connectivity index (χ1) is 9.42. The van der Waals surface area contributed by atoms with Gasteiger partial charge < -0.3 is 9.47 Å². The number of benzene rings is 1. The third kappa shape index (κ3) is 6.64. The normalized spacial score (nSPS) is 10.8. The number of halogens is 5. The van der Waals surface area contributed by atoms with Crippen molar-refractivity contribution >= 4 is 11.6 Å². The Bertz CT molecular complexity index is 491. The first kappa shape index (κ1) is 16.6. The van der Waals surface area contributed by atoms with Crippen molar-refractivity contribution in [3.05, 3.63) is 29.6 Å². The van der Waals surface area contributed by atoms with Crippen LogP contribution in [0.2, 0.25) is 0 Å². The van der Waals surface area contributed by atoms with Gasteiger partial charge in [0.15, 0.2) is 6.79 Å². The van der Waals surface area contributed by atoms with Crippen LogP contribution >= 0.6 is 11.6 Å². The molecule has 0 aliphatic heterocycles. The van der Waals surface area contributed by atoms with Crippen molar-refractivity contribution in [1.82, 2.24) is 0 Å². The van der Waals surface area contributed by atoms with Crippen LogP contribution in [0.1, 0.15) is 12.0 Å². The minimum atomic E-state index is -4.44. The van der Waals surface area contributed by atoms with Gasteiger partial charge in [-0.05, 0) is 12.1 Å². The summed E-state index contributed by atoms with van der Waals surface area (Å²) in [4.78, 5) is 0. The Morgan fingerprint density at radius 1 is 1.25 bits per heavy atom. The molecule has 0 aromatic heterocycles. The van der Waals surface area contributed by atoms with E-state index in [1.54, 1.807) is 0 Å². The molecule has 0 bridgehead atoms. The van der Waals surface area contributed by atoms with Crippen LogP contribution in [-0.4, -0.2) is 25.5 Å². The van der Waals surface area contributed by atoms with E-state index in [9.17, 15) is 17.6 Å². The summed E-state index contributed by atoms with van der Waals surface area (Å²) in [7, 11) is 0. The van der Waals surface area contributed by atoms with Crippen molar-refractivity contribution in [1.29, 1.82) is 0 Å². The highest BCUT2D eigenvalue weighted by Gasteiger charge is 2.27. The van der Waals surface area contributed by atoms with Gasteiger partial charge in [0.05, 0.1) is 5.56 Å². The van der Waals surface area contributed by atoms with Crippen molar-refractivity contribution in [2.24, 2.45) is 0 Å². The minimum Gasteiger partial charge on any atom is -0.466 e. The number of alkyl halides is 4. The van der Waals surface area contributed by atoms with E-state index in [2.05, 4.69) is 16.6 Å². The third-order valence-electron chi connectivity index (χ3n) is 1.95. The molecule has 0 aliphatic rings. The Kier molecular flexibility index (Phi) is 6.62. The van der Waals surface area contributed by atoms with Crippen LogP contribution in [0.25, 0.3) is 0 Å². The maximum atomic E-state index is 13.1. The fraction of sp³-hybridized carbons (Fsp3) is 0.385. The van der Waals surface area contributed by atoms with Crippen LogP contribution in [0.3, 0.4) is 0 Å². The van der Waals surface area contributed by atoms with Gasteiger partial charge in [0.1, 0.15) is 18.2 Å². The Morgan fingerprint density at radius 2 is 2.00 bits per heavy atom. The Hall–Kier alpha value is -1.45. The molecule has 0 N–H and O–H groups in total. The molecule has 0 atom stereocenters. The first-order valence-electron chi connectivity index (χ1n) is 5.54. The second-order valence-corrected chi connectivity index (χ2v) is 3.99. The summed E-state index contributed by atoms with van der Waals surface area (Å²) in [6.07, 6.45) is -4.00. The van der Waals surface area contributed by atoms with Crippen molar-refractivity contribution in [3.8, 4) is 17.6 Å². The summed E-state index contributed by atoms with van der Waals surface area (Å²) in [5, 5.41) is 0. The maximum absolute atomic E-state index is 13.1. The van der Waals surface area contributed by atoms with Gasteiger partial charge in [0.2, 0.25) is 0 Å². The summed E-state index contributed by atoms with van der Waals surface area (Å²) in [5.41, 5.74) is 0.354. The predicted octanol–water partition coefficient (Wildman–Crippen LogP) is 3.72. The predicted molar refractivity (Wildman–Crippen MR) is 66.1 cm³/mol. The molecular formula is C13H11ClF4O2. The molecule has 0 saturated heterocycles. The molecule has 2 nitrogen and oxygen atoms in total. The smallest absolute Gasteiger partial charge is 0.411 e. The van der Waals surface area contributed by atoms with Gasteiger partial charge in [0, 0.05) is 18.4 Å². The molecule has 1 rings (SSSR count). The molecule has 1 aromatic carbocycles. The molecule has 1 aromatic rings. The fourth-order valence-electron chi connectivity index (χ4n) is 1.19. The molecule has 110 valence electrons. The molecule has 0 saturated carbocycles. The molecule has 0 unspecified atom stereocenters. The van der Waals surface area contributed by atoms with Gasteiger partial charge >= 0.3 is 6.18 Å². The standard InChI is InChI=1S/C13H11ClF4O2/c14-6-2-1-3-10-4-5-11(15)7-12(10)20-9-19-8-13(16,17)18/h4-5,7H,2,6,8-9H2. The molecule has 0 aliphatic carbocycles. The van der Waals surface area contributed by atoms with Gasteiger partial charge in [-0.25, -0.2) is 4.39 Å². The van der Waals surface area contributed by atoms with Crippen molar-refractivity contribution < 1.29 is 27.0 Å². The van der Waals surface area contributed by atoms with E-state index in [-0.39, 0.29) is 5.75 Å². The van der Waals surface area contributed by atoms with E-state index in [0.29, 0.717) is 17.9 Å². The second kappa shape index (κ2) is 7.98. The lowest BCUT2D eigenvalue weighted by atomic mass is 10.2. The number of hydrogen-bond acceptors (Lipinski definition) is 2. The molecule has 20 heavy (non-hydrogen) atoms.